The fraction of sp³-hybridized carbons (Fsp3) is 0.0323. The van der Waals surface area contributed by atoms with Gasteiger partial charge < -0.3 is 0 Å². The summed E-state index contributed by atoms with van der Waals surface area (Å²) in [5.41, 5.74) is 8.74. The first-order valence-corrected chi connectivity index (χ1v) is 13.5. The highest BCUT2D eigenvalue weighted by Crippen LogP contribution is 2.85. The van der Waals surface area contributed by atoms with Gasteiger partial charge in [0.15, 0.2) is 0 Å². The van der Waals surface area contributed by atoms with Crippen molar-refractivity contribution in [1.29, 1.82) is 0 Å². The van der Waals surface area contributed by atoms with Crippen LogP contribution in [0, 0.1) is 0 Å². The molecule has 0 saturated heterocycles. The minimum Gasteiger partial charge on any atom is -0.0620 e. The van der Waals surface area contributed by atoms with Crippen LogP contribution >= 0.6 is 7.26 Å². The van der Waals surface area contributed by atoms with Crippen molar-refractivity contribution in [3.8, 4) is 0 Å². The Morgan fingerprint density at radius 2 is 0.875 bits per heavy atom. The quantitative estimate of drug-likeness (QED) is 0.239. The zero-order valence-corrected chi connectivity index (χ0v) is 18.7. The molecule has 0 bridgehead atoms. The second kappa shape index (κ2) is 5.66. The molecule has 0 saturated carbocycles. The maximum Gasteiger partial charge on any atom is 0.121 e. The van der Waals surface area contributed by atoms with Crippen molar-refractivity contribution < 1.29 is 0 Å². The molecule has 1 heterocycles. The molecular formula is C31H20P+. The second-order valence-corrected chi connectivity index (χ2v) is 12.6. The van der Waals surface area contributed by atoms with E-state index in [0.717, 1.165) is 0 Å². The van der Waals surface area contributed by atoms with Gasteiger partial charge in [-0.1, -0.05) is 91.0 Å². The van der Waals surface area contributed by atoms with E-state index in [1.165, 1.54) is 60.2 Å². The van der Waals surface area contributed by atoms with Crippen molar-refractivity contribution in [2.24, 2.45) is 0 Å². The Hall–Kier alpha value is -3.47. The maximum atomic E-state index is 2.56. The molecule has 0 fully saturated rings. The molecule has 0 radical (unpaired) electrons. The van der Waals surface area contributed by atoms with E-state index < -0.39 is 7.26 Å². The first-order chi connectivity index (χ1) is 15.8. The number of rotatable bonds is 1. The summed E-state index contributed by atoms with van der Waals surface area (Å²) in [7, 11) is -1.81. The molecule has 0 amide bonds. The summed E-state index contributed by atoms with van der Waals surface area (Å²) in [6.45, 7) is 2.56. The largest absolute Gasteiger partial charge is 0.121 e. The van der Waals surface area contributed by atoms with E-state index in [0.29, 0.717) is 0 Å². The molecule has 0 unspecified atom stereocenters. The summed E-state index contributed by atoms with van der Waals surface area (Å²) in [5, 5.41) is 10.2. The van der Waals surface area contributed by atoms with Gasteiger partial charge >= 0.3 is 0 Å². The van der Waals surface area contributed by atoms with Crippen LogP contribution in [0.3, 0.4) is 0 Å². The summed E-state index contributed by atoms with van der Waals surface area (Å²) in [6, 6.07) is 38.7. The van der Waals surface area contributed by atoms with E-state index in [1.54, 1.807) is 10.6 Å². The van der Waals surface area contributed by atoms with Crippen molar-refractivity contribution in [2.45, 2.75) is 0 Å². The Labute approximate surface area is 187 Å². The molecule has 0 nitrogen and oxygen atoms in total. The van der Waals surface area contributed by atoms with E-state index in [9.17, 15) is 0 Å². The van der Waals surface area contributed by atoms with Crippen LogP contribution in [0.25, 0.3) is 43.3 Å². The fourth-order valence-electron chi connectivity index (χ4n) is 6.55. The molecule has 2 aliphatic carbocycles. The zero-order chi connectivity index (χ0) is 21.0. The molecular weight excluding hydrogens is 403 g/mol. The van der Waals surface area contributed by atoms with Crippen LogP contribution in [0.1, 0.15) is 22.3 Å². The highest BCUT2D eigenvalue weighted by molar-refractivity contribution is 8.00. The van der Waals surface area contributed by atoms with Gasteiger partial charge in [-0.3, -0.25) is 0 Å². The van der Waals surface area contributed by atoms with Crippen LogP contribution in [-0.4, -0.2) is 6.66 Å². The van der Waals surface area contributed by atoms with Gasteiger partial charge in [0.1, 0.15) is 23.2 Å². The summed E-state index contributed by atoms with van der Waals surface area (Å²) in [4.78, 5) is 0. The van der Waals surface area contributed by atoms with Gasteiger partial charge in [-0.15, -0.1) is 0 Å². The van der Waals surface area contributed by atoms with Gasteiger partial charge in [0, 0.05) is 33.0 Å². The van der Waals surface area contributed by atoms with E-state index in [-0.39, 0.29) is 0 Å². The van der Waals surface area contributed by atoms with Crippen molar-refractivity contribution in [2.75, 3.05) is 6.66 Å². The third kappa shape index (κ3) is 1.78. The van der Waals surface area contributed by atoms with Gasteiger partial charge in [0.25, 0.3) is 0 Å². The van der Waals surface area contributed by atoms with Gasteiger partial charge in [0.05, 0.1) is 6.66 Å². The molecule has 1 heteroatoms. The van der Waals surface area contributed by atoms with Crippen LogP contribution in [0.4, 0.5) is 0 Å². The summed E-state index contributed by atoms with van der Waals surface area (Å²) < 4.78 is 0. The van der Waals surface area contributed by atoms with Gasteiger partial charge in [0.2, 0.25) is 0 Å². The topological polar surface area (TPSA) is 0 Å². The van der Waals surface area contributed by atoms with E-state index in [1.807, 2.05) is 0 Å². The Morgan fingerprint density at radius 3 is 1.34 bits per heavy atom. The van der Waals surface area contributed by atoms with Crippen molar-refractivity contribution in [1.82, 2.24) is 0 Å². The predicted molar refractivity (Wildman–Crippen MR) is 140 cm³/mol. The Morgan fingerprint density at radius 1 is 0.438 bits per heavy atom. The number of benzene rings is 5. The minimum atomic E-state index is -1.81. The number of fused-ring (bicyclic) bond motifs is 5. The number of allylic oxidation sites excluding steroid dienone is 2. The first-order valence-electron chi connectivity index (χ1n) is 11.3. The lowest BCUT2D eigenvalue weighted by Gasteiger charge is -2.24. The van der Waals surface area contributed by atoms with Crippen LogP contribution in [0.15, 0.2) is 103 Å². The third-order valence-electron chi connectivity index (χ3n) is 7.75. The lowest BCUT2D eigenvalue weighted by Crippen LogP contribution is -2.11. The highest BCUT2D eigenvalue weighted by Gasteiger charge is 2.58. The molecule has 148 valence electrons. The predicted octanol–water partition coefficient (Wildman–Crippen LogP) is 8.04. The zero-order valence-electron chi connectivity index (χ0n) is 17.8. The summed E-state index contributed by atoms with van der Waals surface area (Å²) in [5.74, 6) is 0. The molecule has 1 aliphatic heterocycles. The molecule has 0 aromatic heterocycles. The molecule has 5 aromatic rings. The van der Waals surface area contributed by atoms with Crippen LogP contribution < -0.4 is 5.30 Å². The SMILES string of the molecule is C[P+]1(c2ccccc2)C2=C(C3=C1c1cccc4cccc3c14)c1cccc3cccc2c13. The molecule has 32 heavy (non-hydrogen) atoms. The van der Waals surface area contributed by atoms with Gasteiger partial charge in [-0.25, -0.2) is 0 Å². The molecule has 8 rings (SSSR count). The van der Waals surface area contributed by atoms with Crippen molar-refractivity contribution in [3.63, 3.8) is 0 Å². The van der Waals surface area contributed by atoms with Crippen molar-refractivity contribution >= 4 is 55.9 Å². The van der Waals surface area contributed by atoms with Crippen molar-refractivity contribution in [3.05, 3.63) is 125 Å². The third-order valence-corrected chi connectivity index (χ3v) is 11.8. The molecule has 0 N–H and O–H groups in total. The Kier molecular flexibility index (Phi) is 3.03. The lowest BCUT2D eigenvalue weighted by atomic mass is 9.94. The lowest BCUT2D eigenvalue weighted by molar-refractivity contribution is 1.69. The smallest absolute Gasteiger partial charge is 0.0620 e. The van der Waals surface area contributed by atoms with Crippen LogP contribution in [0.5, 0.6) is 0 Å². The first kappa shape index (κ1) is 17.1. The highest BCUT2D eigenvalue weighted by atomic mass is 31.2. The summed E-state index contributed by atoms with van der Waals surface area (Å²) in [6.07, 6.45) is 0. The second-order valence-electron chi connectivity index (χ2n) is 9.21. The standard InChI is InChI=1S/C31H20P/c1-32(21-13-3-2-4-14-21)30-24-17-7-11-19-9-5-15-22(26(19)24)28(30)29-23-16-6-10-20-12-8-18-25(27(20)23)31(29)32/h2-18H,1H3/q+1. The Bertz CT molecular complexity index is 1600. The van der Waals surface area contributed by atoms with E-state index in [2.05, 4.69) is 110 Å². The normalized spacial score (nSPS) is 16.9. The van der Waals surface area contributed by atoms with E-state index in [4.69, 9.17) is 0 Å². The van der Waals surface area contributed by atoms with Crippen LogP contribution in [-0.2, 0) is 0 Å². The number of hydrogen-bond acceptors (Lipinski definition) is 0. The average molecular weight is 423 g/mol. The fourth-order valence-corrected chi connectivity index (χ4v) is 10.8. The maximum absolute atomic E-state index is 2.56. The van der Waals surface area contributed by atoms with Gasteiger partial charge in [-0.2, -0.15) is 0 Å². The minimum absolute atomic E-state index is 1.35. The van der Waals surface area contributed by atoms with E-state index >= 15 is 0 Å². The Balaban J connectivity index is 1.59. The molecule has 3 aliphatic rings. The monoisotopic (exact) mass is 423 g/mol. The van der Waals surface area contributed by atoms with Gasteiger partial charge in [-0.05, 0) is 34.0 Å². The molecule has 0 spiro atoms. The summed E-state index contributed by atoms with van der Waals surface area (Å²) >= 11 is 0. The average Bonchev–Trinajstić information content (AvgIpc) is 3.45. The molecule has 0 atom stereocenters. The molecule has 5 aromatic carbocycles. The van der Waals surface area contributed by atoms with Crippen LogP contribution in [0.2, 0.25) is 0 Å². The number of hydrogen-bond donors (Lipinski definition) is 0.